The minimum Gasteiger partial charge on any atom is -0.468 e. The Hall–Kier alpha value is -2.11. The van der Waals surface area contributed by atoms with Crippen LogP contribution in [0.1, 0.15) is 24.7 Å². The van der Waals surface area contributed by atoms with Gasteiger partial charge in [-0.25, -0.2) is 0 Å². The van der Waals surface area contributed by atoms with Crippen molar-refractivity contribution >= 4 is 11.6 Å². The molecule has 0 saturated carbocycles. The number of nitrogens with zero attached hydrogens (tertiary/aromatic N) is 2. The minimum absolute atomic E-state index is 0.0513. The van der Waals surface area contributed by atoms with Gasteiger partial charge in [-0.05, 0) is 29.8 Å². The third kappa shape index (κ3) is 4.69. The van der Waals surface area contributed by atoms with Gasteiger partial charge in [-0.1, -0.05) is 19.1 Å². The Kier molecular flexibility index (Phi) is 5.67. The number of benzene rings is 1. The molecule has 3 rings (SSSR count). The van der Waals surface area contributed by atoms with E-state index in [2.05, 4.69) is 27.2 Å². The van der Waals surface area contributed by atoms with E-state index < -0.39 is 0 Å². The summed E-state index contributed by atoms with van der Waals surface area (Å²) in [6.07, 6.45) is 2.24. The van der Waals surface area contributed by atoms with E-state index in [1.54, 1.807) is 6.26 Å². The molecule has 2 heterocycles. The number of rotatable bonds is 6. The van der Waals surface area contributed by atoms with Crippen LogP contribution >= 0.6 is 0 Å². The van der Waals surface area contributed by atoms with Gasteiger partial charge in [0.2, 0.25) is 5.91 Å². The summed E-state index contributed by atoms with van der Waals surface area (Å²) in [6.45, 7) is 7.96. The first-order valence-electron chi connectivity index (χ1n) is 8.59. The summed E-state index contributed by atoms with van der Waals surface area (Å²) in [5, 5.41) is 2.88. The third-order valence-electron chi connectivity index (χ3n) is 4.39. The van der Waals surface area contributed by atoms with Gasteiger partial charge in [-0.15, -0.1) is 0 Å². The maximum absolute atomic E-state index is 11.4. The normalized spacial score (nSPS) is 16.2. The van der Waals surface area contributed by atoms with Crippen molar-refractivity contribution in [2.45, 2.75) is 26.4 Å². The molecule has 1 aromatic heterocycles. The van der Waals surface area contributed by atoms with E-state index in [0.717, 1.165) is 50.7 Å². The zero-order valence-electron chi connectivity index (χ0n) is 14.2. The fraction of sp³-hybridized carbons (Fsp3) is 0.421. The highest BCUT2D eigenvalue weighted by molar-refractivity contribution is 5.90. The van der Waals surface area contributed by atoms with Gasteiger partial charge in [-0.3, -0.25) is 14.6 Å². The number of carbonyl (C=O) groups is 1. The Labute approximate surface area is 143 Å². The molecule has 1 amide bonds. The highest BCUT2D eigenvalue weighted by Crippen LogP contribution is 2.14. The Bertz CT molecular complexity index is 629. The summed E-state index contributed by atoms with van der Waals surface area (Å²) < 4.78 is 5.42. The number of anilines is 1. The Morgan fingerprint density at radius 2 is 1.71 bits per heavy atom. The van der Waals surface area contributed by atoms with E-state index in [9.17, 15) is 4.79 Å². The molecule has 0 unspecified atom stereocenters. The molecular weight excluding hydrogens is 302 g/mol. The topological polar surface area (TPSA) is 48.7 Å². The summed E-state index contributed by atoms with van der Waals surface area (Å²) in [4.78, 5) is 16.3. The number of carbonyl (C=O) groups excluding carboxylic acids is 1. The monoisotopic (exact) mass is 327 g/mol. The van der Waals surface area contributed by atoms with Crippen LogP contribution in [0, 0.1) is 0 Å². The predicted molar refractivity (Wildman–Crippen MR) is 94.6 cm³/mol. The molecular formula is C19H25N3O2. The first-order valence-corrected chi connectivity index (χ1v) is 8.59. The van der Waals surface area contributed by atoms with E-state index in [4.69, 9.17) is 4.42 Å². The highest BCUT2D eigenvalue weighted by atomic mass is 16.3. The van der Waals surface area contributed by atoms with E-state index in [1.165, 1.54) is 5.56 Å². The smallest absolute Gasteiger partial charge is 0.224 e. The molecule has 0 aliphatic carbocycles. The fourth-order valence-electron chi connectivity index (χ4n) is 2.93. The number of furan rings is 1. The van der Waals surface area contributed by atoms with Crippen LogP contribution in [-0.4, -0.2) is 41.9 Å². The average Bonchev–Trinajstić information content (AvgIpc) is 3.11. The van der Waals surface area contributed by atoms with E-state index in [-0.39, 0.29) is 5.91 Å². The van der Waals surface area contributed by atoms with Crippen LogP contribution in [0.3, 0.4) is 0 Å². The van der Waals surface area contributed by atoms with Crippen molar-refractivity contribution in [3.05, 3.63) is 54.0 Å². The molecule has 0 spiro atoms. The molecule has 1 aromatic carbocycles. The van der Waals surface area contributed by atoms with Crippen LogP contribution in [0.4, 0.5) is 5.69 Å². The molecule has 5 heteroatoms. The highest BCUT2D eigenvalue weighted by Gasteiger charge is 2.17. The molecule has 0 atom stereocenters. The van der Waals surface area contributed by atoms with Crippen LogP contribution < -0.4 is 5.32 Å². The van der Waals surface area contributed by atoms with Gasteiger partial charge in [-0.2, -0.15) is 0 Å². The average molecular weight is 327 g/mol. The molecule has 1 aliphatic rings. The number of nitrogens with one attached hydrogen (secondary N) is 1. The molecule has 24 heavy (non-hydrogen) atoms. The molecule has 1 aliphatic heterocycles. The lowest BCUT2D eigenvalue weighted by Gasteiger charge is -2.34. The van der Waals surface area contributed by atoms with Gasteiger partial charge in [0.05, 0.1) is 12.8 Å². The van der Waals surface area contributed by atoms with Gasteiger partial charge in [0.1, 0.15) is 5.76 Å². The van der Waals surface area contributed by atoms with Crippen LogP contribution in [0.5, 0.6) is 0 Å². The van der Waals surface area contributed by atoms with Crippen LogP contribution in [-0.2, 0) is 17.9 Å². The van der Waals surface area contributed by atoms with Crippen LogP contribution in [0.15, 0.2) is 47.1 Å². The third-order valence-corrected chi connectivity index (χ3v) is 4.39. The first kappa shape index (κ1) is 16.7. The Morgan fingerprint density at radius 3 is 2.29 bits per heavy atom. The first-order chi connectivity index (χ1) is 11.7. The second kappa shape index (κ2) is 8.13. The minimum atomic E-state index is 0.0513. The maximum atomic E-state index is 11.4. The molecule has 1 N–H and O–H groups in total. The largest absolute Gasteiger partial charge is 0.468 e. The number of hydrogen-bond acceptors (Lipinski definition) is 4. The Morgan fingerprint density at radius 1 is 1.04 bits per heavy atom. The number of hydrogen-bond donors (Lipinski definition) is 1. The molecule has 2 aromatic rings. The lowest BCUT2D eigenvalue weighted by Crippen LogP contribution is -2.45. The van der Waals surface area contributed by atoms with Crippen LogP contribution in [0.2, 0.25) is 0 Å². The summed E-state index contributed by atoms with van der Waals surface area (Å²) in [5.41, 5.74) is 2.15. The lowest BCUT2D eigenvalue weighted by molar-refractivity contribution is -0.115. The summed E-state index contributed by atoms with van der Waals surface area (Å²) in [5.74, 6) is 1.09. The van der Waals surface area contributed by atoms with E-state index >= 15 is 0 Å². The predicted octanol–water partition coefficient (Wildman–Crippen LogP) is 2.95. The summed E-state index contributed by atoms with van der Waals surface area (Å²) in [6, 6.07) is 12.1. The molecule has 0 bridgehead atoms. The molecule has 1 fully saturated rings. The van der Waals surface area contributed by atoms with Crippen molar-refractivity contribution in [2.75, 3.05) is 31.5 Å². The molecule has 0 radical (unpaired) electrons. The van der Waals surface area contributed by atoms with Gasteiger partial charge in [0, 0.05) is 44.8 Å². The van der Waals surface area contributed by atoms with Gasteiger partial charge < -0.3 is 9.73 Å². The van der Waals surface area contributed by atoms with Crippen LogP contribution in [0.25, 0.3) is 0 Å². The maximum Gasteiger partial charge on any atom is 0.224 e. The van der Waals surface area contributed by atoms with Gasteiger partial charge in [0.25, 0.3) is 0 Å². The van der Waals surface area contributed by atoms with Gasteiger partial charge in [0.15, 0.2) is 0 Å². The van der Waals surface area contributed by atoms with Crippen molar-refractivity contribution < 1.29 is 9.21 Å². The van der Waals surface area contributed by atoms with Crippen molar-refractivity contribution in [3.8, 4) is 0 Å². The Balaban J connectivity index is 1.44. The van der Waals surface area contributed by atoms with Crippen molar-refractivity contribution in [2.24, 2.45) is 0 Å². The van der Waals surface area contributed by atoms with Crippen molar-refractivity contribution in [3.63, 3.8) is 0 Å². The zero-order chi connectivity index (χ0) is 16.8. The lowest BCUT2D eigenvalue weighted by atomic mass is 10.1. The quantitative estimate of drug-likeness (QED) is 0.886. The standard InChI is InChI=1S/C19H25N3O2/c1-2-19(23)20-17-7-5-16(6-8-17)14-21-9-11-22(12-10-21)15-18-4-3-13-24-18/h3-8,13H,2,9-12,14-15H2,1H3,(H,20,23). The zero-order valence-corrected chi connectivity index (χ0v) is 14.2. The van der Waals surface area contributed by atoms with Gasteiger partial charge >= 0.3 is 0 Å². The molecule has 128 valence electrons. The molecule has 1 saturated heterocycles. The van der Waals surface area contributed by atoms with E-state index in [0.29, 0.717) is 6.42 Å². The van der Waals surface area contributed by atoms with Crippen molar-refractivity contribution in [1.29, 1.82) is 0 Å². The SMILES string of the molecule is CCC(=O)Nc1ccc(CN2CCN(Cc3ccco3)CC2)cc1. The second-order valence-electron chi connectivity index (χ2n) is 6.23. The summed E-state index contributed by atoms with van der Waals surface area (Å²) in [7, 11) is 0. The molecule has 5 nitrogen and oxygen atoms in total. The summed E-state index contributed by atoms with van der Waals surface area (Å²) >= 11 is 0. The van der Waals surface area contributed by atoms with Crippen molar-refractivity contribution in [1.82, 2.24) is 9.80 Å². The number of amides is 1. The fourth-order valence-corrected chi connectivity index (χ4v) is 2.93. The second-order valence-corrected chi connectivity index (χ2v) is 6.23. The number of piperazine rings is 1. The van der Waals surface area contributed by atoms with E-state index in [1.807, 2.05) is 31.2 Å².